The fourth-order valence-corrected chi connectivity index (χ4v) is 0.637. The van der Waals surface area contributed by atoms with Crippen molar-refractivity contribution in [1.82, 2.24) is 9.97 Å². The molecule has 1 heterocycles. The van der Waals surface area contributed by atoms with Crippen LogP contribution in [0.4, 0.5) is 0 Å². The molecule has 1 aromatic heterocycles. The Morgan fingerprint density at radius 1 is 1.36 bits per heavy atom. The summed E-state index contributed by atoms with van der Waals surface area (Å²) in [7, 11) is 0. The van der Waals surface area contributed by atoms with E-state index in [2.05, 4.69) is 9.97 Å². The molecule has 0 aliphatic carbocycles. The highest BCUT2D eigenvalue weighted by atomic mass is 14.9. The smallest absolute Gasteiger partial charge is 0.161 e. The van der Waals surface area contributed by atoms with Crippen LogP contribution in [0.3, 0.4) is 0 Å². The topological polar surface area (TPSA) is 73.4 Å². The molecule has 0 saturated heterocycles. The van der Waals surface area contributed by atoms with Gasteiger partial charge in [0.2, 0.25) is 0 Å². The first-order valence-electron chi connectivity index (χ1n) is 2.91. The summed E-state index contributed by atoms with van der Waals surface area (Å²) in [6, 6.07) is 3.64. The van der Waals surface area contributed by atoms with E-state index in [1.807, 2.05) is 12.1 Å². The van der Waals surface area contributed by atoms with E-state index in [1.54, 1.807) is 6.92 Å². The van der Waals surface area contributed by atoms with Gasteiger partial charge in [-0.15, -0.1) is 0 Å². The molecule has 0 saturated carbocycles. The second-order valence-electron chi connectivity index (χ2n) is 1.90. The van der Waals surface area contributed by atoms with Gasteiger partial charge in [-0.05, 0) is 6.92 Å². The van der Waals surface area contributed by atoms with E-state index < -0.39 is 0 Å². The third kappa shape index (κ3) is 1.31. The Kier molecular flexibility index (Phi) is 1.80. The molecule has 4 nitrogen and oxygen atoms in total. The molecular formula is C7H4N4. The molecule has 4 heteroatoms. The van der Waals surface area contributed by atoms with Crippen LogP contribution in [-0.4, -0.2) is 9.97 Å². The van der Waals surface area contributed by atoms with Gasteiger partial charge in [-0.2, -0.15) is 10.5 Å². The molecule has 0 unspecified atom stereocenters. The minimum absolute atomic E-state index is 0.139. The summed E-state index contributed by atoms with van der Waals surface area (Å²) >= 11 is 0. The zero-order valence-electron chi connectivity index (χ0n) is 5.87. The van der Waals surface area contributed by atoms with Crippen molar-refractivity contribution in [2.24, 2.45) is 0 Å². The predicted molar refractivity (Wildman–Crippen MR) is 36.2 cm³/mol. The van der Waals surface area contributed by atoms with Crippen LogP contribution >= 0.6 is 0 Å². The first-order valence-corrected chi connectivity index (χ1v) is 2.91. The predicted octanol–water partition coefficient (Wildman–Crippen LogP) is 0.528. The van der Waals surface area contributed by atoms with Crippen LogP contribution in [0.5, 0.6) is 0 Å². The number of aromatic nitrogens is 2. The number of aryl methyl sites for hydroxylation is 1. The Bertz CT molecular complexity index is 356. The van der Waals surface area contributed by atoms with E-state index in [-0.39, 0.29) is 11.3 Å². The largest absolute Gasteiger partial charge is 0.240 e. The third-order valence-corrected chi connectivity index (χ3v) is 1.14. The van der Waals surface area contributed by atoms with Crippen LogP contribution in [0.15, 0.2) is 6.20 Å². The Morgan fingerprint density at radius 2 is 2.09 bits per heavy atom. The molecule has 0 radical (unpaired) electrons. The zero-order chi connectivity index (χ0) is 8.27. The molecule has 11 heavy (non-hydrogen) atoms. The van der Waals surface area contributed by atoms with Gasteiger partial charge in [-0.25, -0.2) is 9.97 Å². The van der Waals surface area contributed by atoms with E-state index in [9.17, 15) is 0 Å². The summed E-state index contributed by atoms with van der Waals surface area (Å²) < 4.78 is 0. The Labute approximate surface area is 63.8 Å². The maximum absolute atomic E-state index is 8.48. The normalized spacial score (nSPS) is 8.27. The molecule has 0 atom stereocenters. The quantitative estimate of drug-likeness (QED) is 0.532. The van der Waals surface area contributed by atoms with Crippen molar-refractivity contribution in [3.05, 3.63) is 23.3 Å². The highest BCUT2D eigenvalue weighted by molar-refractivity contribution is 5.38. The molecule has 0 N–H and O–H groups in total. The number of nitrogens with zero attached hydrogens (tertiary/aromatic N) is 4. The van der Waals surface area contributed by atoms with Gasteiger partial charge in [-0.1, -0.05) is 0 Å². The van der Waals surface area contributed by atoms with E-state index in [1.165, 1.54) is 6.20 Å². The zero-order valence-corrected chi connectivity index (χ0v) is 5.87. The average Bonchev–Trinajstić information content (AvgIpc) is 2.04. The standard InChI is InChI=1S/C7H4N4/c1-5-10-4-6(2-8)7(3-9)11-5/h4H,1H3. The number of nitriles is 2. The molecule has 52 valence electrons. The number of hydrogen-bond acceptors (Lipinski definition) is 4. The van der Waals surface area contributed by atoms with Crippen molar-refractivity contribution in [3.8, 4) is 12.1 Å². The van der Waals surface area contributed by atoms with E-state index >= 15 is 0 Å². The van der Waals surface area contributed by atoms with E-state index in [0.717, 1.165) is 0 Å². The summed E-state index contributed by atoms with van der Waals surface area (Å²) in [5.74, 6) is 0.501. The van der Waals surface area contributed by atoms with Crippen LogP contribution in [0.1, 0.15) is 17.1 Å². The third-order valence-electron chi connectivity index (χ3n) is 1.14. The lowest BCUT2D eigenvalue weighted by molar-refractivity contribution is 1.03. The molecule has 0 fully saturated rings. The highest BCUT2D eigenvalue weighted by Gasteiger charge is 2.01. The van der Waals surface area contributed by atoms with Gasteiger partial charge >= 0.3 is 0 Å². The van der Waals surface area contributed by atoms with Crippen LogP contribution < -0.4 is 0 Å². The van der Waals surface area contributed by atoms with Crippen molar-refractivity contribution < 1.29 is 0 Å². The van der Waals surface area contributed by atoms with Crippen LogP contribution in [0.25, 0.3) is 0 Å². The monoisotopic (exact) mass is 144 g/mol. The molecule has 1 aromatic rings. The molecule has 1 rings (SSSR count). The van der Waals surface area contributed by atoms with Gasteiger partial charge in [0, 0.05) is 6.20 Å². The fraction of sp³-hybridized carbons (Fsp3) is 0.143. The molecule has 0 aliphatic heterocycles. The number of hydrogen-bond donors (Lipinski definition) is 0. The molecule has 0 spiro atoms. The van der Waals surface area contributed by atoms with Gasteiger partial charge in [0.25, 0.3) is 0 Å². The maximum atomic E-state index is 8.48. The molecule has 0 aromatic carbocycles. The minimum Gasteiger partial charge on any atom is -0.240 e. The Hall–Kier alpha value is -1.94. The maximum Gasteiger partial charge on any atom is 0.161 e. The second kappa shape index (κ2) is 2.76. The van der Waals surface area contributed by atoms with Gasteiger partial charge < -0.3 is 0 Å². The lowest BCUT2D eigenvalue weighted by Gasteiger charge is -1.92. The number of rotatable bonds is 0. The lowest BCUT2D eigenvalue weighted by Crippen LogP contribution is -1.94. The van der Waals surface area contributed by atoms with Crippen LogP contribution in [-0.2, 0) is 0 Å². The SMILES string of the molecule is Cc1ncc(C#N)c(C#N)n1. The summed E-state index contributed by atoms with van der Waals surface area (Å²) in [4.78, 5) is 7.54. The van der Waals surface area contributed by atoms with Gasteiger partial charge in [0.05, 0.1) is 0 Å². The van der Waals surface area contributed by atoms with E-state index in [0.29, 0.717) is 5.82 Å². The average molecular weight is 144 g/mol. The van der Waals surface area contributed by atoms with Crippen molar-refractivity contribution >= 4 is 0 Å². The summed E-state index contributed by atoms with van der Waals surface area (Å²) in [5, 5.41) is 16.9. The van der Waals surface area contributed by atoms with Gasteiger partial charge in [0.1, 0.15) is 23.5 Å². The van der Waals surface area contributed by atoms with Crippen LogP contribution in [0, 0.1) is 29.6 Å². The minimum atomic E-state index is 0.139. The van der Waals surface area contributed by atoms with Crippen LogP contribution in [0.2, 0.25) is 0 Å². The van der Waals surface area contributed by atoms with Crippen molar-refractivity contribution in [2.75, 3.05) is 0 Å². The summed E-state index contributed by atoms with van der Waals surface area (Å²) in [6.45, 7) is 1.67. The molecular weight excluding hydrogens is 140 g/mol. The second-order valence-corrected chi connectivity index (χ2v) is 1.90. The Balaban J connectivity index is 3.34. The first-order chi connectivity index (χ1) is 5.27. The van der Waals surface area contributed by atoms with E-state index in [4.69, 9.17) is 10.5 Å². The summed E-state index contributed by atoms with van der Waals surface area (Å²) in [5.41, 5.74) is 0.359. The molecule has 0 aliphatic rings. The first kappa shape index (κ1) is 7.17. The van der Waals surface area contributed by atoms with Crippen molar-refractivity contribution in [1.29, 1.82) is 10.5 Å². The van der Waals surface area contributed by atoms with Gasteiger partial charge in [-0.3, -0.25) is 0 Å². The Morgan fingerprint density at radius 3 is 2.64 bits per heavy atom. The highest BCUT2D eigenvalue weighted by Crippen LogP contribution is 2.00. The van der Waals surface area contributed by atoms with Crippen molar-refractivity contribution in [3.63, 3.8) is 0 Å². The van der Waals surface area contributed by atoms with Gasteiger partial charge in [0.15, 0.2) is 5.69 Å². The fourth-order valence-electron chi connectivity index (χ4n) is 0.637. The van der Waals surface area contributed by atoms with Crippen molar-refractivity contribution in [2.45, 2.75) is 6.92 Å². The molecule has 0 bridgehead atoms. The molecule has 0 amide bonds. The lowest BCUT2D eigenvalue weighted by atomic mass is 10.2. The summed E-state index contributed by atoms with van der Waals surface area (Å²) in [6.07, 6.45) is 1.35.